The molecule has 0 saturated carbocycles. The predicted octanol–water partition coefficient (Wildman–Crippen LogP) is 0.632. The van der Waals surface area contributed by atoms with Crippen molar-refractivity contribution in [2.45, 2.75) is 17.7 Å². The molecule has 5 N–H and O–H groups in total. The first-order chi connectivity index (χ1) is 14.7. The first-order valence-corrected chi connectivity index (χ1v) is 11.5. The average molecular weight is 462 g/mol. The minimum Gasteiger partial charge on any atom is -0.355 e. The number of hydrogen-bond donors (Lipinski definition) is 4. The highest BCUT2D eigenvalue weighted by atomic mass is 32.2. The van der Waals surface area contributed by atoms with Crippen LogP contribution in [0.15, 0.2) is 57.7 Å². The summed E-state index contributed by atoms with van der Waals surface area (Å²) in [4.78, 5) is 42.0. The molecule has 3 rings (SSSR count). The first-order valence-electron chi connectivity index (χ1n) is 9.03. The largest absolute Gasteiger partial charge is 0.355 e. The lowest BCUT2D eigenvalue weighted by molar-refractivity contribution is -0.120. The molecule has 0 fully saturated rings. The van der Waals surface area contributed by atoms with Crippen LogP contribution < -0.4 is 21.3 Å². The molecule has 10 nitrogen and oxygen atoms in total. The molecule has 0 spiro atoms. The number of primary sulfonamides is 1. The van der Waals surface area contributed by atoms with Gasteiger partial charge in [-0.25, -0.2) is 18.5 Å². The summed E-state index contributed by atoms with van der Waals surface area (Å²) in [7, 11) is -3.73. The van der Waals surface area contributed by atoms with E-state index in [0.29, 0.717) is 23.8 Å². The van der Waals surface area contributed by atoms with E-state index in [-0.39, 0.29) is 28.3 Å². The molecule has 0 saturated heterocycles. The highest BCUT2D eigenvalue weighted by Crippen LogP contribution is 2.16. The van der Waals surface area contributed by atoms with E-state index in [9.17, 15) is 22.8 Å². The molecule has 0 radical (unpaired) electrons. The zero-order chi connectivity index (χ0) is 22.4. The Hall–Kier alpha value is -3.35. The summed E-state index contributed by atoms with van der Waals surface area (Å²) in [6, 6.07) is 8.78. The van der Waals surface area contributed by atoms with Gasteiger partial charge in [0.05, 0.1) is 22.6 Å². The molecule has 0 aliphatic carbocycles. The standard InChI is InChI=1S/C19H19N5O5S2/c20-31(28,29)15-4-1-12(2-5-15)7-8-21-17(26)9-14-11-30-19(23-14)24-18(27)13-3-6-16(25)22-10-13/h1-6,10-11H,7-9H2,(H,21,26)(H,22,25)(H2,20,28,29)(H,23,24,27). The van der Waals surface area contributed by atoms with E-state index in [4.69, 9.17) is 5.14 Å². The van der Waals surface area contributed by atoms with Crippen LogP contribution in [0, 0.1) is 0 Å². The fourth-order valence-corrected chi connectivity index (χ4v) is 3.81. The number of hydrogen-bond acceptors (Lipinski definition) is 7. The summed E-state index contributed by atoms with van der Waals surface area (Å²) < 4.78 is 22.5. The number of thiazole rings is 1. The number of aromatic nitrogens is 2. The van der Waals surface area contributed by atoms with Crippen molar-refractivity contribution >= 4 is 38.3 Å². The van der Waals surface area contributed by atoms with Crippen molar-refractivity contribution in [3.8, 4) is 0 Å². The zero-order valence-corrected chi connectivity index (χ0v) is 17.8. The number of pyridine rings is 1. The van der Waals surface area contributed by atoms with Crippen molar-refractivity contribution in [2.24, 2.45) is 5.14 Å². The van der Waals surface area contributed by atoms with Crippen LogP contribution in [0.5, 0.6) is 0 Å². The van der Waals surface area contributed by atoms with E-state index >= 15 is 0 Å². The first kappa shape index (κ1) is 22.3. The quantitative estimate of drug-likeness (QED) is 0.384. The van der Waals surface area contributed by atoms with Gasteiger partial charge in [-0.2, -0.15) is 0 Å². The topological polar surface area (TPSA) is 164 Å². The summed E-state index contributed by atoms with van der Waals surface area (Å²) in [5.74, 6) is -0.653. The van der Waals surface area contributed by atoms with E-state index in [0.717, 1.165) is 5.56 Å². The maximum absolute atomic E-state index is 12.1. The Balaban J connectivity index is 1.46. The number of amides is 2. The maximum atomic E-state index is 12.1. The molecule has 2 amide bonds. The van der Waals surface area contributed by atoms with Gasteiger partial charge in [-0.1, -0.05) is 12.1 Å². The van der Waals surface area contributed by atoms with Crippen LogP contribution in [0.4, 0.5) is 5.13 Å². The molecule has 1 aromatic carbocycles. The lowest BCUT2D eigenvalue weighted by atomic mass is 10.1. The lowest BCUT2D eigenvalue weighted by Gasteiger charge is -2.05. The van der Waals surface area contributed by atoms with Crippen LogP contribution in [0.25, 0.3) is 0 Å². The van der Waals surface area contributed by atoms with Gasteiger partial charge in [-0.05, 0) is 30.2 Å². The van der Waals surface area contributed by atoms with Crippen LogP contribution in [-0.2, 0) is 27.7 Å². The molecule has 3 aromatic rings. The number of sulfonamides is 1. The highest BCUT2D eigenvalue weighted by molar-refractivity contribution is 7.89. The van der Waals surface area contributed by atoms with Gasteiger partial charge in [0.15, 0.2) is 5.13 Å². The van der Waals surface area contributed by atoms with Gasteiger partial charge in [0.1, 0.15) is 0 Å². The number of benzene rings is 1. The van der Waals surface area contributed by atoms with E-state index in [1.54, 1.807) is 17.5 Å². The second-order valence-electron chi connectivity index (χ2n) is 6.51. The third kappa shape index (κ3) is 6.57. The number of anilines is 1. The fourth-order valence-electron chi connectivity index (χ4n) is 2.59. The van der Waals surface area contributed by atoms with E-state index in [2.05, 4.69) is 20.6 Å². The van der Waals surface area contributed by atoms with Crippen molar-refractivity contribution < 1.29 is 18.0 Å². The third-order valence-corrected chi connectivity index (χ3v) is 5.88. The van der Waals surface area contributed by atoms with Gasteiger partial charge in [0.2, 0.25) is 21.5 Å². The number of rotatable bonds is 8. The van der Waals surface area contributed by atoms with E-state index < -0.39 is 15.9 Å². The Kier molecular flexibility index (Phi) is 6.95. The van der Waals surface area contributed by atoms with Gasteiger partial charge >= 0.3 is 0 Å². The maximum Gasteiger partial charge on any atom is 0.258 e. The molecule has 12 heteroatoms. The third-order valence-electron chi connectivity index (χ3n) is 4.15. The van der Waals surface area contributed by atoms with Crippen molar-refractivity contribution in [1.82, 2.24) is 15.3 Å². The van der Waals surface area contributed by atoms with Crippen molar-refractivity contribution in [2.75, 3.05) is 11.9 Å². The molecular weight excluding hydrogens is 442 g/mol. The summed E-state index contributed by atoms with van der Waals surface area (Å²) in [5, 5.41) is 12.5. The van der Waals surface area contributed by atoms with Crippen LogP contribution in [0.2, 0.25) is 0 Å². The monoisotopic (exact) mass is 461 g/mol. The van der Waals surface area contributed by atoms with Gasteiger partial charge in [-0.3, -0.25) is 19.7 Å². The van der Waals surface area contributed by atoms with Crippen molar-refractivity contribution in [3.05, 3.63) is 75.1 Å². The number of nitrogens with zero attached hydrogens (tertiary/aromatic N) is 1. The van der Waals surface area contributed by atoms with Crippen molar-refractivity contribution in [3.63, 3.8) is 0 Å². The summed E-state index contributed by atoms with van der Waals surface area (Å²) in [6.45, 7) is 0.369. The van der Waals surface area contributed by atoms with Crippen LogP contribution in [0.3, 0.4) is 0 Å². The lowest BCUT2D eigenvalue weighted by Crippen LogP contribution is -2.27. The molecule has 2 aromatic heterocycles. The SMILES string of the molecule is NS(=O)(=O)c1ccc(CCNC(=O)Cc2csc(NC(=O)c3ccc(=O)[nH]c3)n2)cc1. The summed E-state index contributed by atoms with van der Waals surface area (Å²) >= 11 is 1.19. The number of carbonyl (C=O) groups excluding carboxylic acids is 2. The minimum absolute atomic E-state index is 0.0345. The molecule has 0 atom stereocenters. The predicted molar refractivity (Wildman–Crippen MR) is 115 cm³/mol. The summed E-state index contributed by atoms with van der Waals surface area (Å²) in [6.07, 6.45) is 1.88. The Bertz CT molecular complexity index is 1230. The average Bonchev–Trinajstić information content (AvgIpc) is 3.14. The molecular formula is C19H19N5O5S2. The Labute approximate surface area is 181 Å². The summed E-state index contributed by atoms with van der Waals surface area (Å²) in [5.41, 5.74) is 1.34. The van der Waals surface area contributed by atoms with Gasteiger partial charge in [0, 0.05) is 24.2 Å². The molecule has 0 unspecified atom stereocenters. The molecule has 162 valence electrons. The van der Waals surface area contributed by atoms with Gasteiger partial charge in [-0.15, -0.1) is 11.3 Å². The Morgan fingerprint density at radius 2 is 1.87 bits per heavy atom. The number of H-pyrrole nitrogens is 1. The minimum atomic E-state index is -3.73. The van der Waals surface area contributed by atoms with Crippen LogP contribution >= 0.6 is 11.3 Å². The molecule has 0 aliphatic rings. The smallest absolute Gasteiger partial charge is 0.258 e. The fraction of sp³-hybridized carbons (Fsp3) is 0.158. The Morgan fingerprint density at radius 1 is 1.13 bits per heavy atom. The van der Waals surface area contributed by atoms with Gasteiger partial charge in [0.25, 0.3) is 5.91 Å². The molecule has 2 heterocycles. The number of nitrogens with one attached hydrogen (secondary N) is 3. The van der Waals surface area contributed by atoms with Crippen molar-refractivity contribution in [1.29, 1.82) is 0 Å². The zero-order valence-electron chi connectivity index (χ0n) is 16.1. The molecule has 0 bridgehead atoms. The van der Waals surface area contributed by atoms with Crippen LogP contribution in [-0.4, -0.2) is 36.7 Å². The van der Waals surface area contributed by atoms with E-state index in [1.165, 1.54) is 41.8 Å². The Morgan fingerprint density at radius 3 is 2.52 bits per heavy atom. The normalized spacial score (nSPS) is 11.1. The number of nitrogens with two attached hydrogens (primary N) is 1. The number of carbonyl (C=O) groups is 2. The van der Waals surface area contributed by atoms with E-state index in [1.807, 2.05) is 0 Å². The second kappa shape index (κ2) is 9.64. The molecule has 31 heavy (non-hydrogen) atoms. The van der Waals surface area contributed by atoms with Gasteiger partial charge < -0.3 is 10.3 Å². The number of aromatic amines is 1. The molecule has 0 aliphatic heterocycles. The highest BCUT2D eigenvalue weighted by Gasteiger charge is 2.12. The second-order valence-corrected chi connectivity index (χ2v) is 8.92. The van der Waals surface area contributed by atoms with Crippen LogP contribution in [0.1, 0.15) is 21.6 Å².